The standard InChI is InChI=1S/C20H11F3N4O4/c21-20(22,23)30-12-7-5-11(6-8-12)18-25-15(31-26-18)9-27-10-24-16-13-3-1-2-4-14(13)29-17(16)19(27)28/h1-8,10H,9H2. The number of alkyl halides is 3. The quantitative estimate of drug-likeness (QED) is 0.424. The summed E-state index contributed by atoms with van der Waals surface area (Å²) in [4.78, 5) is 21.3. The molecular weight excluding hydrogens is 417 g/mol. The van der Waals surface area contributed by atoms with Crippen LogP contribution in [0.25, 0.3) is 33.5 Å². The lowest BCUT2D eigenvalue weighted by atomic mass is 10.2. The van der Waals surface area contributed by atoms with Gasteiger partial charge < -0.3 is 13.7 Å². The van der Waals surface area contributed by atoms with E-state index in [1.54, 1.807) is 12.1 Å². The van der Waals surface area contributed by atoms with Gasteiger partial charge in [-0.15, -0.1) is 13.2 Å². The lowest BCUT2D eigenvalue weighted by Gasteiger charge is -2.08. The van der Waals surface area contributed by atoms with Crippen LogP contribution in [-0.4, -0.2) is 26.1 Å². The maximum absolute atomic E-state index is 12.8. The van der Waals surface area contributed by atoms with Crippen LogP contribution < -0.4 is 10.3 Å². The minimum Gasteiger partial charge on any atom is -0.448 e. The van der Waals surface area contributed by atoms with Crippen LogP contribution in [0.15, 0.2) is 68.6 Å². The van der Waals surface area contributed by atoms with Crippen molar-refractivity contribution < 1.29 is 26.8 Å². The van der Waals surface area contributed by atoms with E-state index in [9.17, 15) is 18.0 Å². The van der Waals surface area contributed by atoms with Crippen molar-refractivity contribution in [2.24, 2.45) is 0 Å². The molecule has 11 heteroatoms. The Morgan fingerprint density at radius 1 is 1.06 bits per heavy atom. The third kappa shape index (κ3) is 3.61. The van der Waals surface area contributed by atoms with Crippen LogP contribution in [0.4, 0.5) is 13.2 Å². The van der Waals surface area contributed by atoms with Gasteiger partial charge in [-0.3, -0.25) is 9.36 Å². The number of halogens is 3. The molecular formula is C20H11F3N4O4. The number of fused-ring (bicyclic) bond motifs is 3. The average molecular weight is 428 g/mol. The summed E-state index contributed by atoms with van der Waals surface area (Å²) in [5, 5.41) is 4.54. The van der Waals surface area contributed by atoms with Crippen molar-refractivity contribution in [1.82, 2.24) is 19.7 Å². The van der Waals surface area contributed by atoms with Crippen molar-refractivity contribution >= 4 is 22.1 Å². The van der Waals surface area contributed by atoms with Crippen molar-refractivity contribution in [3.8, 4) is 17.1 Å². The van der Waals surface area contributed by atoms with Gasteiger partial charge in [0.05, 0.1) is 6.33 Å². The zero-order chi connectivity index (χ0) is 21.6. The Labute approximate surface area is 170 Å². The van der Waals surface area contributed by atoms with Gasteiger partial charge in [-0.2, -0.15) is 4.98 Å². The maximum atomic E-state index is 12.8. The molecule has 0 fully saturated rings. The van der Waals surface area contributed by atoms with Crippen molar-refractivity contribution in [3.63, 3.8) is 0 Å². The largest absolute Gasteiger partial charge is 0.573 e. The zero-order valence-corrected chi connectivity index (χ0v) is 15.5. The zero-order valence-electron chi connectivity index (χ0n) is 15.5. The second-order valence-electron chi connectivity index (χ2n) is 6.54. The molecule has 2 aromatic carbocycles. The van der Waals surface area contributed by atoms with E-state index in [2.05, 4.69) is 19.9 Å². The van der Waals surface area contributed by atoms with E-state index in [0.717, 1.165) is 17.5 Å². The summed E-state index contributed by atoms with van der Waals surface area (Å²) in [7, 11) is 0. The minimum atomic E-state index is -4.77. The summed E-state index contributed by atoms with van der Waals surface area (Å²) in [6, 6.07) is 12.2. The van der Waals surface area contributed by atoms with E-state index >= 15 is 0 Å². The second-order valence-corrected chi connectivity index (χ2v) is 6.54. The lowest BCUT2D eigenvalue weighted by molar-refractivity contribution is -0.274. The van der Waals surface area contributed by atoms with Gasteiger partial charge >= 0.3 is 6.36 Å². The first-order valence-corrected chi connectivity index (χ1v) is 8.93. The van der Waals surface area contributed by atoms with Crippen molar-refractivity contribution in [2.45, 2.75) is 12.9 Å². The molecule has 0 amide bonds. The van der Waals surface area contributed by atoms with Crippen molar-refractivity contribution in [2.75, 3.05) is 0 Å². The summed E-state index contributed by atoms with van der Waals surface area (Å²) < 4.78 is 52.7. The summed E-state index contributed by atoms with van der Waals surface area (Å²) >= 11 is 0. The summed E-state index contributed by atoms with van der Waals surface area (Å²) in [6.07, 6.45) is -3.41. The Morgan fingerprint density at radius 2 is 1.84 bits per heavy atom. The summed E-state index contributed by atoms with van der Waals surface area (Å²) in [6.45, 7) is -0.0545. The molecule has 0 aliphatic rings. The normalized spacial score (nSPS) is 12.0. The number of hydrogen-bond donors (Lipinski definition) is 0. The maximum Gasteiger partial charge on any atom is 0.573 e. The molecule has 0 atom stereocenters. The van der Waals surface area contributed by atoms with Gasteiger partial charge in [0.15, 0.2) is 0 Å². The molecule has 31 heavy (non-hydrogen) atoms. The summed E-state index contributed by atoms with van der Waals surface area (Å²) in [5.41, 5.74) is 1.14. The predicted molar refractivity (Wildman–Crippen MR) is 101 cm³/mol. The smallest absolute Gasteiger partial charge is 0.448 e. The highest BCUT2D eigenvalue weighted by Crippen LogP contribution is 2.26. The average Bonchev–Trinajstić information content (AvgIpc) is 3.35. The fourth-order valence-corrected chi connectivity index (χ4v) is 3.12. The molecule has 0 aliphatic heterocycles. The molecule has 8 nitrogen and oxygen atoms in total. The molecule has 0 unspecified atom stereocenters. The molecule has 0 spiro atoms. The van der Waals surface area contributed by atoms with E-state index < -0.39 is 11.9 Å². The topological polar surface area (TPSA) is 96.2 Å². The number of aromatic nitrogens is 4. The van der Waals surface area contributed by atoms with E-state index in [-0.39, 0.29) is 29.6 Å². The SMILES string of the molecule is O=c1c2oc3ccccc3c2ncn1Cc1nc(-c2ccc(OC(F)(F)F)cc2)no1. The van der Waals surface area contributed by atoms with Crippen LogP contribution in [0.2, 0.25) is 0 Å². The van der Waals surface area contributed by atoms with E-state index in [1.807, 2.05) is 12.1 Å². The third-order valence-corrected chi connectivity index (χ3v) is 4.47. The molecule has 156 valence electrons. The van der Waals surface area contributed by atoms with Crippen LogP contribution in [0.5, 0.6) is 5.75 Å². The number of nitrogens with zero attached hydrogens (tertiary/aromatic N) is 4. The molecule has 0 radical (unpaired) electrons. The molecule has 0 N–H and O–H groups in total. The fourth-order valence-electron chi connectivity index (χ4n) is 3.12. The van der Waals surface area contributed by atoms with E-state index in [1.165, 1.54) is 23.0 Å². The molecule has 0 saturated carbocycles. The predicted octanol–water partition coefficient (Wildman–Crippen LogP) is 4.14. The highest BCUT2D eigenvalue weighted by molar-refractivity contribution is 6.01. The Morgan fingerprint density at radius 3 is 2.61 bits per heavy atom. The Hall–Kier alpha value is -4.15. The first-order chi connectivity index (χ1) is 14.9. The molecule has 3 heterocycles. The van der Waals surface area contributed by atoms with Gasteiger partial charge in [0.1, 0.15) is 23.4 Å². The number of rotatable bonds is 4. The van der Waals surface area contributed by atoms with Gasteiger partial charge in [-0.1, -0.05) is 17.3 Å². The van der Waals surface area contributed by atoms with E-state index in [0.29, 0.717) is 16.7 Å². The number of para-hydroxylation sites is 1. The molecule has 0 aliphatic carbocycles. The van der Waals surface area contributed by atoms with Gasteiger partial charge in [0, 0.05) is 10.9 Å². The molecule has 0 saturated heterocycles. The van der Waals surface area contributed by atoms with Crippen LogP contribution in [0.3, 0.4) is 0 Å². The highest BCUT2D eigenvalue weighted by Gasteiger charge is 2.31. The summed E-state index contributed by atoms with van der Waals surface area (Å²) in [5.74, 6) is -0.0962. The van der Waals surface area contributed by atoms with Crippen molar-refractivity contribution in [1.29, 1.82) is 0 Å². The van der Waals surface area contributed by atoms with Crippen LogP contribution in [0, 0.1) is 0 Å². The molecule has 5 aromatic rings. The lowest BCUT2D eigenvalue weighted by Crippen LogP contribution is -2.20. The van der Waals surface area contributed by atoms with Gasteiger partial charge in [-0.05, 0) is 36.4 Å². The Balaban J connectivity index is 1.40. The van der Waals surface area contributed by atoms with Gasteiger partial charge in [-0.25, -0.2) is 4.98 Å². The highest BCUT2D eigenvalue weighted by atomic mass is 19.4. The fraction of sp³-hybridized carbons (Fsp3) is 0.100. The Bertz CT molecular complexity index is 1450. The minimum absolute atomic E-state index is 0.0545. The third-order valence-electron chi connectivity index (χ3n) is 4.47. The number of furan rings is 1. The molecule has 5 rings (SSSR count). The first-order valence-electron chi connectivity index (χ1n) is 8.93. The monoisotopic (exact) mass is 428 g/mol. The number of hydrogen-bond acceptors (Lipinski definition) is 7. The van der Waals surface area contributed by atoms with Crippen LogP contribution in [0.1, 0.15) is 5.89 Å². The van der Waals surface area contributed by atoms with Gasteiger partial charge in [0.25, 0.3) is 5.56 Å². The van der Waals surface area contributed by atoms with Gasteiger partial charge in [0.2, 0.25) is 17.3 Å². The molecule has 0 bridgehead atoms. The van der Waals surface area contributed by atoms with Crippen LogP contribution >= 0.6 is 0 Å². The second kappa shape index (κ2) is 6.97. The Kier molecular flexibility index (Phi) is 4.24. The van der Waals surface area contributed by atoms with Crippen molar-refractivity contribution in [3.05, 3.63) is 71.1 Å². The van der Waals surface area contributed by atoms with Crippen LogP contribution in [-0.2, 0) is 6.54 Å². The number of ether oxygens (including phenoxy) is 1. The first kappa shape index (κ1) is 18.9. The number of benzene rings is 2. The molecule has 3 aromatic heterocycles. The van der Waals surface area contributed by atoms with E-state index in [4.69, 9.17) is 8.94 Å².